The minimum Gasteiger partial charge on any atom is -0.357 e. The third-order valence-electron chi connectivity index (χ3n) is 4.57. The van der Waals surface area contributed by atoms with E-state index in [1.165, 1.54) is 30.1 Å². The Labute approximate surface area is 196 Å². The Bertz CT molecular complexity index is 1080. The largest absolute Gasteiger partial charge is 0.357 e. The maximum absolute atomic E-state index is 13.3. The van der Waals surface area contributed by atoms with E-state index in [1.807, 2.05) is 0 Å². The molecule has 7 nitrogen and oxygen atoms in total. The van der Waals surface area contributed by atoms with Crippen molar-refractivity contribution in [2.24, 2.45) is 0 Å². The maximum atomic E-state index is 13.3. The van der Waals surface area contributed by atoms with E-state index in [4.69, 9.17) is 34.8 Å². The first kappa shape index (κ1) is 25.3. The summed E-state index contributed by atoms with van der Waals surface area (Å²) in [4.78, 5) is 26.8. The third-order valence-corrected chi connectivity index (χ3v) is 6.60. The van der Waals surface area contributed by atoms with Crippen molar-refractivity contribution in [2.45, 2.75) is 19.5 Å². The molecule has 0 aliphatic heterocycles. The van der Waals surface area contributed by atoms with Crippen molar-refractivity contribution in [3.05, 3.63) is 63.1 Å². The number of nitrogens with zero attached hydrogens (tertiary/aromatic N) is 2. The Morgan fingerprint density at radius 2 is 1.71 bits per heavy atom. The van der Waals surface area contributed by atoms with Gasteiger partial charge in [-0.25, -0.2) is 8.42 Å². The highest BCUT2D eigenvalue weighted by Crippen LogP contribution is 2.28. The van der Waals surface area contributed by atoms with Crippen molar-refractivity contribution in [3.63, 3.8) is 0 Å². The predicted octanol–water partition coefficient (Wildman–Crippen LogP) is 3.58. The van der Waals surface area contributed by atoms with Crippen LogP contribution < -0.4 is 9.62 Å². The van der Waals surface area contributed by atoms with Gasteiger partial charge in [0.15, 0.2) is 0 Å². The van der Waals surface area contributed by atoms with Gasteiger partial charge in [-0.1, -0.05) is 53.0 Å². The molecule has 0 aliphatic carbocycles. The molecule has 1 N–H and O–H groups in total. The fraction of sp³-hybridized carbons (Fsp3) is 0.300. The molecule has 0 bridgehead atoms. The number of likely N-dealkylation sites (N-methyl/N-ethyl adjacent to an activating group) is 1. The monoisotopic (exact) mass is 505 g/mol. The molecule has 0 aliphatic rings. The summed E-state index contributed by atoms with van der Waals surface area (Å²) in [6.45, 7) is 0.972. The number of sulfonamides is 1. The fourth-order valence-electron chi connectivity index (χ4n) is 2.87. The number of nitrogens with one attached hydrogen (secondary N) is 1. The second kappa shape index (κ2) is 10.5. The lowest BCUT2D eigenvalue weighted by Gasteiger charge is -2.31. The fourth-order valence-corrected chi connectivity index (χ4v) is 4.49. The minimum atomic E-state index is -3.85. The minimum absolute atomic E-state index is 0.0243. The van der Waals surface area contributed by atoms with Gasteiger partial charge in [-0.3, -0.25) is 13.9 Å². The van der Waals surface area contributed by atoms with Gasteiger partial charge in [-0.2, -0.15) is 0 Å². The van der Waals surface area contributed by atoms with Gasteiger partial charge in [0.2, 0.25) is 21.8 Å². The van der Waals surface area contributed by atoms with Crippen LogP contribution >= 0.6 is 34.8 Å². The van der Waals surface area contributed by atoms with E-state index < -0.39 is 34.4 Å². The Morgan fingerprint density at radius 1 is 1.06 bits per heavy atom. The summed E-state index contributed by atoms with van der Waals surface area (Å²) < 4.78 is 25.8. The van der Waals surface area contributed by atoms with Gasteiger partial charge in [-0.15, -0.1) is 0 Å². The molecule has 0 radical (unpaired) electrons. The molecule has 31 heavy (non-hydrogen) atoms. The van der Waals surface area contributed by atoms with Crippen LogP contribution in [-0.2, 0) is 26.2 Å². The lowest BCUT2D eigenvalue weighted by atomic mass is 10.1. The van der Waals surface area contributed by atoms with Crippen LogP contribution in [0.5, 0.6) is 0 Å². The normalized spacial score (nSPS) is 12.2. The number of anilines is 1. The molecule has 0 unspecified atom stereocenters. The summed E-state index contributed by atoms with van der Waals surface area (Å²) in [7, 11) is -2.40. The summed E-state index contributed by atoms with van der Waals surface area (Å²) in [6, 6.07) is 10.2. The van der Waals surface area contributed by atoms with Gasteiger partial charge in [0.25, 0.3) is 0 Å². The number of benzene rings is 2. The van der Waals surface area contributed by atoms with Gasteiger partial charge in [0.1, 0.15) is 12.6 Å². The number of rotatable bonds is 8. The average Bonchev–Trinajstić information content (AvgIpc) is 2.70. The van der Waals surface area contributed by atoms with Gasteiger partial charge in [0, 0.05) is 23.6 Å². The van der Waals surface area contributed by atoms with E-state index in [0.717, 1.165) is 10.6 Å². The van der Waals surface area contributed by atoms with Crippen LogP contribution in [0.4, 0.5) is 5.69 Å². The molecule has 0 aromatic heterocycles. The zero-order chi connectivity index (χ0) is 23.3. The summed E-state index contributed by atoms with van der Waals surface area (Å²) in [5.41, 5.74) is 0.718. The second-order valence-electron chi connectivity index (χ2n) is 6.77. The van der Waals surface area contributed by atoms with E-state index in [1.54, 1.807) is 31.2 Å². The Morgan fingerprint density at radius 3 is 2.26 bits per heavy atom. The molecule has 2 rings (SSSR count). The van der Waals surface area contributed by atoms with Crippen LogP contribution in [0.15, 0.2) is 42.5 Å². The first-order chi connectivity index (χ1) is 14.5. The van der Waals surface area contributed by atoms with Crippen molar-refractivity contribution in [1.29, 1.82) is 0 Å². The quantitative estimate of drug-likeness (QED) is 0.593. The standard InChI is InChI=1S/C20H22Cl3N3O4S/c1-13(20(28)24-2)25(11-14-8-9-15(21)10-17(14)23)19(27)12-26(31(3,29)30)18-7-5-4-6-16(18)22/h4-10,13H,11-12H2,1-3H3,(H,24,28)/t13-/m0/s1. The SMILES string of the molecule is CNC(=O)[C@H](C)N(Cc1ccc(Cl)cc1Cl)C(=O)CN(c1ccccc1Cl)S(C)(=O)=O. The first-order valence-corrected chi connectivity index (χ1v) is 12.1. The lowest BCUT2D eigenvalue weighted by molar-refractivity contribution is -0.139. The second-order valence-corrected chi connectivity index (χ2v) is 9.93. The number of carbonyl (C=O) groups is 2. The van der Waals surface area contributed by atoms with Crippen LogP contribution in [0.3, 0.4) is 0 Å². The highest BCUT2D eigenvalue weighted by atomic mass is 35.5. The molecule has 0 saturated carbocycles. The third kappa shape index (κ3) is 6.49. The van der Waals surface area contributed by atoms with Crippen LogP contribution in [0.25, 0.3) is 0 Å². The molecule has 0 heterocycles. The molecule has 11 heteroatoms. The van der Waals surface area contributed by atoms with Crippen LogP contribution in [0.1, 0.15) is 12.5 Å². The van der Waals surface area contributed by atoms with Crippen LogP contribution in [0, 0.1) is 0 Å². The number of hydrogen-bond acceptors (Lipinski definition) is 4. The van der Waals surface area contributed by atoms with Crippen molar-refractivity contribution < 1.29 is 18.0 Å². The molecule has 2 aromatic carbocycles. The summed E-state index contributed by atoms with van der Waals surface area (Å²) in [6.07, 6.45) is 0.978. The van der Waals surface area contributed by atoms with Crippen molar-refractivity contribution in [2.75, 3.05) is 24.2 Å². The topological polar surface area (TPSA) is 86.8 Å². The molecule has 2 amide bonds. The van der Waals surface area contributed by atoms with E-state index in [9.17, 15) is 18.0 Å². The Kier molecular flexibility index (Phi) is 8.59. The molecule has 168 valence electrons. The highest BCUT2D eigenvalue weighted by Gasteiger charge is 2.30. The average molecular weight is 507 g/mol. The molecule has 0 fully saturated rings. The molecular weight excluding hydrogens is 485 g/mol. The maximum Gasteiger partial charge on any atom is 0.244 e. The molecule has 1 atom stereocenters. The van der Waals surface area contributed by atoms with Crippen molar-refractivity contribution in [1.82, 2.24) is 10.2 Å². The Balaban J connectivity index is 2.43. The van der Waals surface area contributed by atoms with Crippen LogP contribution in [-0.4, -0.2) is 51.0 Å². The highest BCUT2D eigenvalue weighted by molar-refractivity contribution is 7.92. The smallest absolute Gasteiger partial charge is 0.244 e. The number of para-hydroxylation sites is 1. The molecule has 0 spiro atoms. The van der Waals surface area contributed by atoms with Crippen molar-refractivity contribution in [3.8, 4) is 0 Å². The van der Waals surface area contributed by atoms with E-state index >= 15 is 0 Å². The zero-order valence-electron chi connectivity index (χ0n) is 17.1. The zero-order valence-corrected chi connectivity index (χ0v) is 20.2. The van der Waals surface area contributed by atoms with E-state index in [-0.39, 0.29) is 17.3 Å². The summed E-state index contributed by atoms with van der Waals surface area (Å²) >= 11 is 18.3. The Hall–Kier alpha value is -2.00. The van der Waals surface area contributed by atoms with Gasteiger partial charge < -0.3 is 10.2 Å². The number of amides is 2. The van der Waals surface area contributed by atoms with Crippen molar-refractivity contribution >= 4 is 62.3 Å². The number of halogens is 3. The van der Waals surface area contributed by atoms with Gasteiger partial charge in [-0.05, 0) is 36.8 Å². The van der Waals surface area contributed by atoms with E-state index in [0.29, 0.717) is 15.6 Å². The van der Waals surface area contributed by atoms with Gasteiger partial charge in [0.05, 0.1) is 17.0 Å². The number of hydrogen-bond donors (Lipinski definition) is 1. The number of carbonyl (C=O) groups excluding carboxylic acids is 2. The van der Waals surface area contributed by atoms with Gasteiger partial charge >= 0.3 is 0 Å². The van der Waals surface area contributed by atoms with E-state index in [2.05, 4.69) is 5.32 Å². The molecular formula is C20H22Cl3N3O4S. The van der Waals surface area contributed by atoms with Crippen LogP contribution in [0.2, 0.25) is 15.1 Å². The lowest BCUT2D eigenvalue weighted by Crippen LogP contribution is -2.50. The molecule has 2 aromatic rings. The summed E-state index contributed by atoms with van der Waals surface area (Å²) in [5.74, 6) is -1.02. The first-order valence-electron chi connectivity index (χ1n) is 9.13. The summed E-state index contributed by atoms with van der Waals surface area (Å²) in [5, 5.41) is 3.41. The predicted molar refractivity (Wildman–Crippen MR) is 124 cm³/mol. The molecule has 0 saturated heterocycles.